The summed E-state index contributed by atoms with van der Waals surface area (Å²) in [5.41, 5.74) is -0.932. The van der Waals surface area contributed by atoms with E-state index in [1.807, 2.05) is 0 Å². The molecule has 0 saturated carbocycles. The average Bonchev–Trinajstić information content (AvgIpc) is 3.15. The third-order valence-corrected chi connectivity index (χ3v) is 6.45. The van der Waals surface area contributed by atoms with Gasteiger partial charge in [0.1, 0.15) is 23.7 Å². The molecule has 13 heteroatoms. The minimum Gasteiger partial charge on any atom is -0.302 e. The predicted molar refractivity (Wildman–Crippen MR) is 102 cm³/mol. The molecular formula is C16H14BrF2N3O5S2. The Morgan fingerprint density at radius 1 is 1.34 bits per heavy atom. The van der Waals surface area contributed by atoms with Gasteiger partial charge < -0.3 is 4.90 Å². The number of sulfonamides is 1. The number of halogens is 3. The Morgan fingerprint density at radius 3 is 2.48 bits per heavy atom. The molecule has 3 rings (SSSR count). The van der Waals surface area contributed by atoms with E-state index in [4.69, 9.17) is 0 Å². The van der Waals surface area contributed by atoms with E-state index in [1.54, 1.807) is 11.4 Å². The first kappa shape index (κ1) is 21.8. The van der Waals surface area contributed by atoms with Gasteiger partial charge in [-0.1, -0.05) is 0 Å². The Labute approximate surface area is 176 Å². The van der Waals surface area contributed by atoms with E-state index in [2.05, 4.69) is 20.7 Å². The van der Waals surface area contributed by atoms with E-state index in [0.717, 1.165) is 34.6 Å². The number of carbonyl (C=O) groups excluding carboxylic acids is 2. The van der Waals surface area contributed by atoms with Crippen LogP contribution in [0.2, 0.25) is 0 Å². The lowest BCUT2D eigenvalue weighted by Gasteiger charge is -2.25. The van der Waals surface area contributed by atoms with Crippen molar-refractivity contribution in [2.24, 2.45) is 0 Å². The van der Waals surface area contributed by atoms with Gasteiger partial charge in [-0.3, -0.25) is 14.8 Å². The van der Waals surface area contributed by atoms with Crippen molar-refractivity contribution in [2.45, 2.75) is 12.7 Å². The van der Waals surface area contributed by atoms with Crippen LogP contribution in [-0.2, 0) is 21.4 Å². The number of nitrogens with one attached hydrogen (secondary N) is 1. The number of thiophene rings is 1. The number of benzene rings is 1. The van der Waals surface area contributed by atoms with Gasteiger partial charge in [0.2, 0.25) is 10.0 Å². The van der Waals surface area contributed by atoms with E-state index >= 15 is 0 Å². The summed E-state index contributed by atoms with van der Waals surface area (Å²) >= 11 is 4.37. The first-order valence-electron chi connectivity index (χ1n) is 7.96. The molecule has 1 unspecified atom stereocenters. The van der Waals surface area contributed by atoms with Crippen molar-refractivity contribution >= 4 is 49.1 Å². The molecule has 1 fully saturated rings. The molecule has 2 N–H and O–H groups in total. The zero-order valence-electron chi connectivity index (χ0n) is 14.7. The van der Waals surface area contributed by atoms with Crippen LogP contribution in [0.5, 0.6) is 0 Å². The summed E-state index contributed by atoms with van der Waals surface area (Å²) in [4.78, 5) is 26.0. The molecule has 0 spiro atoms. The second-order valence-electron chi connectivity index (χ2n) is 6.24. The summed E-state index contributed by atoms with van der Waals surface area (Å²) in [5.74, 6) is -4.35. The Kier molecular flexibility index (Phi) is 6.06. The van der Waals surface area contributed by atoms with Gasteiger partial charge in [0.25, 0.3) is 11.8 Å². The van der Waals surface area contributed by atoms with Crippen molar-refractivity contribution in [3.05, 3.63) is 55.7 Å². The van der Waals surface area contributed by atoms with Crippen LogP contribution in [0.3, 0.4) is 0 Å². The maximum absolute atomic E-state index is 14.5. The summed E-state index contributed by atoms with van der Waals surface area (Å²) in [6.07, 6.45) is -0.331. The van der Waals surface area contributed by atoms with Gasteiger partial charge in [-0.15, -0.1) is 11.3 Å². The van der Waals surface area contributed by atoms with Crippen LogP contribution in [0, 0.1) is 11.6 Å². The number of hydrogen-bond acceptors (Lipinski definition) is 6. The van der Waals surface area contributed by atoms with Gasteiger partial charge in [0.15, 0.2) is 6.17 Å². The van der Waals surface area contributed by atoms with Crippen LogP contribution >= 0.6 is 27.3 Å². The first-order chi connectivity index (χ1) is 13.5. The fraction of sp³-hybridized carbons (Fsp3) is 0.250. The number of rotatable bonds is 5. The smallest absolute Gasteiger partial charge is 0.268 e. The molecule has 29 heavy (non-hydrogen) atoms. The van der Waals surface area contributed by atoms with Crippen molar-refractivity contribution in [1.29, 1.82) is 0 Å². The van der Waals surface area contributed by atoms with Gasteiger partial charge in [-0.25, -0.2) is 21.9 Å². The van der Waals surface area contributed by atoms with Gasteiger partial charge >= 0.3 is 0 Å². The minimum atomic E-state index is -3.58. The van der Waals surface area contributed by atoms with E-state index in [0.29, 0.717) is 14.4 Å². The Balaban J connectivity index is 1.93. The van der Waals surface area contributed by atoms with Crippen LogP contribution in [0.15, 0.2) is 28.1 Å². The molecule has 2 aromatic rings. The number of amides is 2. The van der Waals surface area contributed by atoms with Crippen molar-refractivity contribution in [2.75, 3.05) is 12.8 Å². The fourth-order valence-electron chi connectivity index (χ4n) is 2.78. The normalized spacial score (nSPS) is 17.3. The molecule has 0 aliphatic carbocycles. The molecule has 2 heterocycles. The molecule has 0 bridgehead atoms. The monoisotopic (exact) mass is 509 g/mol. The van der Waals surface area contributed by atoms with E-state index in [9.17, 15) is 32.0 Å². The Hall–Kier alpha value is -1.93. The van der Waals surface area contributed by atoms with E-state index in [1.165, 1.54) is 0 Å². The molecule has 1 aromatic carbocycles. The largest absolute Gasteiger partial charge is 0.302 e. The van der Waals surface area contributed by atoms with Crippen molar-refractivity contribution in [3.8, 4) is 0 Å². The second kappa shape index (κ2) is 8.07. The molecule has 1 saturated heterocycles. The molecule has 156 valence electrons. The highest BCUT2D eigenvalue weighted by atomic mass is 79.9. The SMILES string of the molecule is CS(=O)(=O)NCc1cc(F)c(C(=O)N2CC(=O)N(O)C2c2cc(Br)cs2)c(F)c1. The second-order valence-corrected chi connectivity index (χ2v) is 9.93. The molecular weight excluding hydrogens is 496 g/mol. The van der Waals surface area contributed by atoms with Gasteiger partial charge in [-0.05, 0) is 39.7 Å². The van der Waals surface area contributed by atoms with Gasteiger partial charge in [0.05, 0.1) is 11.1 Å². The molecule has 1 aliphatic heterocycles. The first-order valence-corrected chi connectivity index (χ1v) is 11.5. The Bertz CT molecular complexity index is 1070. The van der Waals surface area contributed by atoms with Crippen molar-refractivity contribution in [3.63, 3.8) is 0 Å². The number of carbonyl (C=O) groups is 2. The summed E-state index contributed by atoms with van der Waals surface area (Å²) in [7, 11) is -3.58. The molecule has 8 nitrogen and oxygen atoms in total. The number of nitrogens with zero attached hydrogens (tertiary/aromatic N) is 2. The third-order valence-electron chi connectivity index (χ3n) is 4.05. The average molecular weight is 510 g/mol. The van der Waals surface area contributed by atoms with Crippen LogP contribution in [-0.4, -0.2) is 48.2 Å². The molecule has 1 aromatic heterocycles. The molecule has 2 amide bonds. The van der Waals surface area contributed by atoms with E-state index in [-0.39, 0.29) is 12.1 Å². The topological polar surface area (TPSA) is 107 Å². The summed E-state index contributed by atoms with van der Waals surface area (Å²) in [6, 6.07) is 3.24. The summed E-state index contributed by atoms with van der Waals surface area (Å²) in [6.45, 7) is -0.925. The van der Waals surface area contributed by atoms with Gasteiger partial charge in [0, 0.05) is 16.4 Å². The lowest BCUT2D eigenvalue weighted by atomic mass is 10.1. The highest BCUT2D eigenvalue weighted by molar-refractivity contribution is 9.10. The lowest BCUT2D eigenvalue weighted by molar-refractivity contribution is -0.168. The van der Waals surface area contributed by atoms with Crippen molar-refractivity contribution in [1.82, 2.24) is 14.7 Å². The third kappa shape index (κ3) is 4.64. The van der Waals surface area contributed by atoms with Crippen LogP contribution in [0.25, 0.3) is 0 Å². The number of hydroxylamine groups is 2. The molecule has 1 atom stereocenters. The van der Waals surface area contributed by atoms with E-state index < -0.39 is 51.7 Å². The van der Waals surface area contributed by atoms with Crippen LogP contribution in [0.4, 0.5) is 8.78 Å². The maximum Gasteiger partial charge on any atom is 0.268 e. The summed E-state index contributed by atoms with van der Waals surface area (Å²) in [5, 5.41) is 12.1. The molecule has 0 radical (unpaired) electrons. The van der Waals surface area contributed by atoms with Gasteiger partial charge in [-0.2, -0.15) is 5.06 Å². The van der Waals surface area contributed by atoms with Crippen LogP contribution < -0.4 is 4.72 Å². The standard InChI is InChI=1S/C16H14BrF2N3O5S2/c1-29(26,27)20-5-8-2-10(18)14(11(19)3-8)16(24)21-6-13(23)22(25)15(21)12-4-9(17)7-28-12/h2-4,7,15,20,25H,5-6H2,1H3. The maximum atomic E-state index is 14.5. The Morgan fingerprint density at radius 2 is 1.97 bits per heavy atom. The summed E-state index contributed by atoms with van der Waals surface area (Å²) < 4.78 is 54.1. The van der Waals surface area contributed by atoms with Crippen molar-refractivity contribution < 1.29 is 32.0 Å². The lowest BCUT2D eigenvalue weighted by Crippen LogP contribution is -2.35. The molecule has 1 aliphatic rings. The predicted octanol–water partition coefficient (Wildman–Crippen LogP) is 2.21. The minimum absolute atomic E-state index is 0.0259. The zero-order valence-corrected chi connectivity index (χ0v) is 17.9. The highest BCUT2D eigenvalue weighted by Gasteiger charge is 2.43. The quantitative estimate of drug-likeness (QED) is 0.601. The van der Waals surface area contributed by atoms with Crippen LogP contribution in [0.1, 0.15) is 27.0 Å². The zero-order chi connectivity index (χ0) is 21.5. The highest BCUT2D eigenvalue weighted by Crippen LogP contribution is 2.36. The fourth-order valence-corrected chi connectivity index (χ4v) is 4.75. The number of hydrogen-bond donors (Lipinski definition) is 2.